The Balaban J connectivity index is 1.87. The molecule has 1 atom stereocenters. The molecule has 1 amide bonds. The molecule has 0 bridgehead atoms. The number of amides is 1. The first-order valence-corrected chi connectivity index (χ1v) is 13.9. The maximum absolute atomic E-state index is 13.9. The van der Waals surface area contributed by atoms with Crippen molar-refractivity contribution in [2.45, 2.75) is 32.4 Å². The fourth-order valence-corrected chi connectivity index (χ4v) is 5.07. The number of carbonyl (C=O) groups is 1. The van der Waals surface area contributed by atoms with Crippen molar-refractivity contribution in [2.75, 3.05) is 27.2 Å². The molecule has 6 nitrogen and oxygen atoms in total. The summed E-state index contributed by atoms with van der Waals surface area (Å²) >= 11 is 9.75. The Bertz CT molecular complexity index is 1460. The van der Waals surface area contributed by atoms with Crippen molar-refractivity contribution >= 4 is 44.3 Å². The Morgan fingerprint density at radius 1 is 1.03 bits per heavy atom. The Hall–Kier alpha value is -3.00. The van der Waals surface area contributed by atoms with Crippen LogP contribution in [0.4, 0.5) is 0 Å². The lowest BCUT2D eigenvalue weighted by molar-refractivity contribution is 0.0649. The molecule has 0 saturated heterocycles. The number of carbonyl (C=O) groups excluding carboxylic acids is 1. The molecular weight excluding hydrogens is 564 g/mol. The summed E-state index contributed by atoms with van der Waals surface area (Å²) in [5.74, 6) is 0.473. The molecule has 0 fully saturated rings. The third kappa shape index (κ3) is 6.52. The van der Waals surface area contributed by atoms with Crippen molar-refractivity contribution in [1.29, 1.82) is 0 Å². The van der Waals surface area contributed by atoms with E-state index in [0.717, 1.165) is 23.0 Å². The van der Waals surface area contributed by atoms with Gasteiger partial charge in [-0.25, -0.2) is 4.98 Å². The van der Waals surface area contributed by atoms with E-state index in [9.17, 15) is 9.59 Å². The quantitative estimate of drug-likeness (QED) is 0.213. The Labute approximate surface area is 237 Å². The fourth-order valence-electron chi connectivity index (χ4n) is 4.64. The van der Waals surface area contributed by atoms with Gasteiger partial charge < -0.3 is 9.80 Å². The zero-order valence-corrected chi connectivity index (χ0v) is 24.2. The van der Waals surface area contributed by atoms with Gasteiger partial charge in [0.2, 0.25) is 0 Å². The van der Waals surface area contributed by atoms with Crippen LogP contribution in [0.1, 0.15) is 47.6 Å². The first kappa shape index (κ1) is 28.0. The van der Waals surface area contributed by atoms with Crippen molar-refractivity contribution in [3.05, 3.63) is 110 Å². The molecule has 0 spiro atoms. The second-order valence-electron chi connectivity index (χ2n) is 9.59. The third-order valence-corrected chi connectivity index (χ3v) is 7.31. The molecule has 4 rings (SSSR count). The van der Waals surface area contributed by atoms with E-state index in [1.807, 2.05) is 80.5 Å². The fraction of sp³-hybridized carbons (Fsp3) is 0.300. The second kappa shape index (κ2) is 12.7. The van der Waals surface area contributed by atoms with Crippen LogP contribution in [-0.2, 0) is 6.54 Å². The highest BCUT2D eigenvalue weighted by atomic mass is 79.9. The molecule has 0 saturated carbocycles. The van der Waals surface area contributed by atoms with E-state index in [1.165, 1.54) is 0 Å². The van der Waals surface area contributed by atoms with E-state index in [1.54, 1.807) is 22.8 Å². The van der Waals surface area contributed by atoms with Crippen LogP contribution < -0.4 is 5.56 Å². The number of rotatable bonds is 10. The standard InChI is InChI=1S/C30H32BrClN4O2/c1-4-27(35(18-8-17-34(2)3)29(37)22-11-13-23(31)14-12-22)28-33-26-19-24(32)15-16-25(26)30(38)36(28)20-21-9-6-5-7-10-21/h5-7,9-16,19,27H,4,8,17-18,20H2,1-3H3. The smallest absolute Gasteiger partial charge is 0.261 e. The third-order valence-electron chi connectivity index (χ3n) is 6.55. The van der Waals surface area contributed by atoms with Gasteiger partial charge in [0.15, 0.2) is 0 Å². The van der Waals surface area contributed by atoms with Gasteiger partial charge in [-0.2, -0.15) is 0 Å². The van der Waals surface area contributed by atoms with Gasteiger partial charge in [0, 0.05) is 21.6 Å². The average Bonchev–Trinajstić information content (AvgIpc) is 2.90. The van der Waals surface area contributed by atoms with Crippen molar-refractivity contribution < 1.29 is 4.79 Å². The molecule has 1 aromatic heterocycles. The Kier molecular flexibility index (Phi) is 9.36. The highest BCUT2D eigenvalue weighted by Crippen LogP contribution is 2.28. The van der Waals surface area contributed by atoms with Crippen molar-refractivity contribution in [2.24, 2.45) is 0 Å². The van der Waals surface area contributed by atoms with E-state index in [-0.39, 0.29) is 11.5 Å². The minimum atomic E-state index is -0.409. The summed E-state index contributed by atoms with van der Waals surface area (Å²) in [7, 11) is 4.04. The number of hydrogen-bond donors (Lipinski definition) is 0. The molecule has 0 radical (unpaired) electrons. The molecule has 8 heteroatoms. The lowest BCUT2D eigenvalue weighted by atomic mass is 10.1. The lowest BCUT2D eigenvalue weighted by Gasteiger charge is -2.33. The van der Waals surface area contributed by atoms with Gasteiger partial charge >= 0.3 is 0 Å². The summed E-state index contributed by atoms with van der Waals surface area (Å²) in [4.78, 5) is 36.7. The molecule has 4 aromatic rings. The van der Waals surface area contributed by atoms with Crippen molar-refractivity contribution in [3.8, 4) is 0 Å². The normalized spacial score (nSPS) is 12.2. The highest BCUT2D eigenvalue weighted by molar-refractivity contribution is 9.10. The lowest BCUT2D eigenvalue weighted by Crippen LogP contribution is -2.40. The second-order valence-corrected chi connectivity index (χ2v) is 10.9. The maximum atomic E-state index is 13.9. The summed E-state index contributed by atoms with van der Waals surface area (Å²) in [5, 5.41) is 1.01. The van der Waals surface area contributed by atoms with Gasteiger partial charge in [0.05, 0.1) is 23.5 Å². The Morgan fingerprint density at radius 3 is 2.39 bits per heavy atom. The SMILES string of the molecule is CCC(c1nc2cc(Cl)ccc2c(=O)n1Cc1ccccc1)N(CCCN(C)C)C(=O)c1ccc(Br)cc1. The number of hydrogen-bond acceptors (Lipinski definition) is 4. The van der Waals surface area contributed by atoms with Gasteiger partial charge in [-0.05, 0) is 81.5 Å². The number of halogens is 2. The number of aromatic nitrogens is 2. The molecule has 0 aliphatic carbocycles. The molecule has 0 aliphatic heterocycles. The van der Waals surface area contributed by atoms with Gasteiger partial charge in [-0.15, -0.1) is 0 Å². The van der Waals surface area contributed by atoms with Crippen molar-refractivity contribution in [1.82, 2.24) is 19.4 Å². The van der Waals surface area contributed by atoms with Crippen LogP contribution in [0.25, 0.3) is 10.9 Å². The van der Waals surface area contributed by atoms with Crippen LogP contribution in [0, 0.1) is 0 Å². The summed E-state index contributed by atoms with van der Waals surface area (Å²) in [6.07, 6.45) is 1.38. The number of fused-ring (bicyclic) bond motifs is 1. The van der Waals surface area contributed by atoms with E-state index in [4.69, 9.17) is 16.6 Å². The molecule has 0 aliphatic rings. The van der Waals surface area contributed by atoms with E-state index >= 15 is 0 Å². The van der Waals surface area contributed by atoms with Crippen LogP contribution in [0.2, 0.25) is 5.02 Å². The van der Waals surface area contributed by atoms with Gasteiger partial charge in [0.25, 0.3) is 11.5 Å². The molecule has 3 aromatic carbocycles. The zero-order chi connectivity index (χ0) is 27.2. The average molecular weight is 596 g/mol. The minimum absolute atomic E-state index is 0.0881. The first-order valence-electron chi connectivity index (χ1n) is 12.7. The maximum Gasteiger partial charge on any atom is 0.261 e. The van der Waals surface area contributed by atoms with Crippen LogP contribution in [0.15, 0.2) is 82.1 Å². The van der Waals surface area contributed by atoms with Gasteiger partial charge in [0.1, 0.15) is 5.82 Å². The molecule has 0 N–H and O–H groups in total. The summed E-state index contributed by atoms with van der Waals surface area (Å²) in [6.45, 7) is 3.74. The summed E-state index contributed by atoms with van der Waals surface area (Å²) in [5.41, 5.74) is 1.97. The number of nitrogens with zero attached hydrogens (tertiary/aromatic N) is 4. The van der Waals surface area contributed by atoms with Gasteiger partial charge in [-0.3, -0.25) is 14.2 Å². The van der Waals surface area contributed by atoms with Crippen LogP contribution in [-0.4, -0.2) is 52.4 Å². The van der Waals surface area contributed by atoms with Crippen molar-refractivity contribution in [3.63, 3.8) is 0 Å². The molecule has 198 valence electrons. The predicted octanol–water partition coefficient (Wildman–Crippen LogP) is 6.41. The summed E-state index contributed by atoms with van der Waals surface area (Å²) < 4.78 is 2.62. The summed E-state index contributed by atoms with van der Waals surface area (Å²) in [6, 6.07) is 22.0. The van der Waals surface area contributed by atoms with Crippen LogP contribution in [0.3, 0.4) is 0 Å². The zero-order valence-electron chi connectivity index (χ0n) is 21.9. The molecular formula is C30H32BrClN4O2. The van der Waals surface area contributed by atoms with Crippen LogP contribution in [0.5, 0.6) is 0 Å². The Morgan fingerprint density at radius 2 is 1.74 bits per heavy atom. The van der Waals surface area contributed by atoms with Gasteiger partial charge in [-0.1, -0.05) is 64.8 Å². The largest absolute Gasteiger partial charge is 0.328 e. The van der Waals surface area contributed by atoms with Crippen LogP contribution >= 0.6 is 27.5 Å². The molecule has 1 unspecified atom stereocenters. The monoisotopic (exact) mass is 594 g/mol. The molecule has 38 heavy (non-hydrogen) atoms. The molecule has 1 heterocycles. The predicted molar refractivity (Wildman–Crippen MR) is 158 cm³/mol. The van der Waals surface area contributed by atoms with E-state index in [2.05, 4.69) is 20.8 Å². The minimum Gasteiger partial charge on any atom is -0.328 e. The first-order chi connectivity index (χ1) is 18.3. The topological polar surface area (TPSA) is 58.4 Å². The van der Waals surface area contributed by atoms with E-state index in [0.29, 0.717) is 46.8 Å². The highest BCUT2D eigenvalue weighted by Gasteiger charge is 2.29. The van der Waals surface area contributed by atoms with E-state index < -0.39 is 6.04 Å². The number of benzene rings is 3.